The van der Waals surface area contributed by atoms with E-state index in [-0.39, 0.29) is 5.69 Å². The van der Waals surface area contributed by atoms with Crippen molar-refractivity contribution in [3.8, 4) is 0 Å². The van der Waals surface area contributed by atoms with E-state index in [1.807, 2.05) is 0 Å². The van der Waals surface area contributed by atoms with Crippen molar-refractivity contribution in [2.24, 2.45) is 0 Å². The topological polar surface area (TPSA) is 48.6 Å². The first-order chi connectivity index (χ1) is 6.31. The number of rotatable bonds is 2. The van der Waals surface area contributed by atoms with Crippen molar-refractivity contribution in [3.63, 3.8) is 0 Å². The zero-order valence-corrected chi connectivity index (χ0v) is 8.02. The molecule has 1 heterocycles. The number of aryl methyl sites for hydroxylation is 1. The van der Waals surface area contributed by atoms with Crippen LogP contribution in [-0.2, 0) is 6.42 Å². The molecule has 1 aliphatic carbocycles. The number of imidazole rings is 1. The third-order valence-electron chi connectivity index (χ3n) is 2.95. The summed E-state index contributed by atoms with van der Waals surface area (Å²) in [5, 5.41) is 0. The summed E-state index contributed by atoms with van der Waals surface area (Å²) < 4.78 is 0. The van der Waals surface area contributed by atoms with Gasteiger partial charge in [-0.25, -0.2) is 4.79 Å². The van der Waals surface area contributed by atoms with E-state index in [4.69, 9.17) is 0 Å². The van der Waals surface area contributed by atoms with Crippen LogP contribution in [0.3, 0.4) is 0 Å². The van der Waals surface area contributed by atoms with Crippen molar-refractivity contribution >= 4 is 0 Å². The number of nitrogens with one attached hydrogen (secondary N) is 2. The van der Waals surface area contributed by atoms with Gasteiger partial charge in [-0.2, -0.15) is 0 Å². The molecular weight excluding hydrogens is 164 g/mol. The van der Waals surface area contributed by atoms with E-state index in [9.17, 15) is 4.79 Å². The molecule has 0 amide bonds. The van der Waals surface area contributed by atoms with E-state index in [1.54, 1.807) is 0 Å². The van der Waals surface area contributed by atoms with Gasteiger partial charge in [0.1, 0.15) is 0 Å². The fourth-order valence-electron chi connectivity index (χ4n) is 2.28. The minimum Gasteiger partial charge on any atom is -0.310 e. The highest BCUT2D eigenvalue weighted by molar-refractivity contribution is 5.17. The molecule has 0 bridgehead atoms. The van der Waals surface area contributed by atoms with Gasteiger partial charge in [-0.1, -0.05) is 19.8 Å². The van der Waals surface area contributed by atoms with Gasteiger partial charge in [-0.15, -0.1) is 0 Å². The summed E-state index contributed by atoms with van der Waals surface area (Å²) in [6.07, 6.45) is 6.01. The second kappa shape index (κ2) is 3.40. The third kappa shape index (κ3) is 1.55. The van der Waals surface area contributed by atoms with Crippen LogP contribution in [0.1, 0.15) is 49.9 Å². The molecule has 0 aliphatic heterocycles. The molecule has 1 saturated carbocycles. The Labute approximate surface area is 77.6 Å². The van der Waals surface area contributed by atoms with Crippen LogP contribution in [0.15, 0.2) is 4.79 Å². The Morgan fingerprint density at radius 1 is 1.31 bits per heavy atom. The van der Waals surface area contributed by atoms with Crippen LogP contribution < -0.4 is 5.69 Å². The Balaban J connectivity index is 2.31. The third-order valence-corrected chi connectivity index (χ3v) is 2.95. The highest BCUT2D eigenvalue weighted by Crippen LogP contribution is 2.33. The van der Waals surface area contributed by atoms with Gasteiger partial charge in [0.25, 0.3) is 0 Å². The molecule has 72 valence electrons. The molecule has 2 rings (SSSR count). The molecule has 1 fully saturated rings. The van der Waals surface area contributed by atoms with Crippen molar-refractivity contribution in [2.45, 2.75) is 44.9 Å². The average molecular weight is 180 g/mol. The number of H-pyrrole nitrogens is 2. The number of aromatic nitrogens is 2. The van der Waals surface area contributed by atoms with Crippen molar-refractivity contribution < 1.29 is 0 Å². The van der Waals surface area contributed by atoms with Crippen molar-refractivity contribution in [1.29, 1.82) is 0 Å². The minimum atomic E-state index is -0.0428. The first-order valence-electron chi connectivity index (χ1n) is 5.12. The predicted octanol–water partition coefficient (Wildman–Crippen LogP) is 1.92. The lowest BCUT2D eigenvalue weighted by Gasteiger charge is -2.07. The van der Waals surface area contributed by atoms with Crippen LogP contribution >= 0.6 is 0 Å². The van der Waals surface area contributed by atoms with Crippen LogP contribution in [0.4, 0.5) is 0 Å². The lowest BCUT2D eigenvalue weighted by Crippen LogP contribution is -2.02. The molecular formula is C10H16N2O. The summed E-state index contributed by atoms with van der Waals surface area (Å²) in [5.74, 6) is 0.605. The smallest absolute Gasteiger partial charge is 0.310 e. The lowest BCUT2D eigenvalue weighted by atomic mass is 10.0. The van der Waals surface area contributed by atoms with E-state index in [1.165, 1.54) is 31.4 Å². The molecule has 3 nitrogen and oxygen atoms in total. The van der Waals surface area contributed by atoms with Gasteiger partial charge in [-0.3, -0.25) is 0 Å². The molecule has 2 N–H and O–H groups in total. The second-order valence-electron chi connectivity index (χ2n) is 3.81. The Morgan fingerprint density at radius 2 is 2.00 bits per heavy atom. The maximum Gasteiger partial charge on any atom is 0.323 e. The fraction of sp³-hybridized carbons (Fsp3) is 0.700. The van der Waals surface area contributed by atoms with E-state index >= 15 is 0 Å². The van der Waals surface area contributed by atoms with Gasteiger partial charge >= 0.3 is 5.69 Å². The number of aromatic amines is 2. The van der Waals surface area contributed by atoms with Gasteiger partial charge in [0.05, 0.1) is 0 Å². The summed E-state index contributed by atoms with van der Waals surface area (Å²) in [4.78, 5) is 16.9. The SMILES string of the molecule is CCc1[nH]c(=O)[nH]c1C1CCCC1. The van der Waals surface area contributed by atoms with E-state index < -0.39 is 0 Å². The molecule has 1 aromatic rings. The van der Waals surface area contributed by atoms with Gasteiger partial charge in [-0.05, 0) is 19.3 Å². The Kier molecular flexibility index (Phi) is 2.25. The molecule has 0 aromatic carbocycles. The number of hydrogen-bond donors (Lipinski definition) is 2. The second-order valence-corrected chi connectivity index (χ2v) is 3.81. The van der Waals surface area contributed by atoms with Crippen LogP contribution in [0.2, 0.25) is 0 Å². The molecule has 3 heteroatoms. The van der Waals surface area contributed by atoms with Crippen molar-refractivity contribution in [2.75, 3.05) is 0 Å². The average Bonchev–Trinajstić information content (AvgIpc) is 2.71. The summed E-state index contributed by atoms with van der Waals surface area (Å²) in [5.41, 5.74) is 2.24. The molecule has 0 radical (unpaired) electrons. The Hall–Kier alpha value is -0.990. The van der Waals surface area contributed by atoms with Crippen LogP contribution in [-0.4, -0.2) is 9.97 Å². The van der Waals surface area contributed by atoms with Gasteiger partial charge in [0.15, 0.2) is 0 Å². The monoisotopic (exact) mass is 180 g/mol. The molecule has 1 aromatic heterocycles. The van der Waals surface area contributed by atoms with Gasteiger partial charge in [0, 0.05) is 17.3 Å². The van der Waals surface area contributed by atoms with Crippen LogP contribution in [0.25, 0.3) is 0 Å². The molecule has 0 unspecified atom stereocenters. The Bertz CT molecular complexity index is 331. The van der Waals surface area contributed by atoms with Crippen LogP contribution in [0.5, 0.6) is 0 Å². The predicted molar refractivity (Wildman–Crippen MR) is 52.0 cm³/mol. The van der Waals surface area contributed by atoms with Crippen molar-refractivity contribution in [1.82, 2.24) is 9.97 Å². The first kappa shape index (κ1) is 8.60. The summed E-state index contributed by atoms with van der Waals surface area (Å²) in [6, 6.07) is 0. The maximum atomic E-state index is 11.1. The summed E-state index contributed by atoms with van der Waals surface area (Å²) in [7, 11) is 0. The largest absolute Gasteiger partial charge is 0.323 e. The van der Waals surface area contributed by atoms with Crippen molar-refractivity contribution in [3.05, 3.63) is 21.9 Å². The van der Waals surface area contributed by atoms with Gasteiger partial charge < -0.3 is 9.97 Å². The highest BCUT2D eigenvalue weighted by atomic mass is 16.1. The fourth-order valence-corrected chi connectivity index (χ4v) is 2.28. The van der Waals surface area contributed by atoms with E-state index in [0.29, 0.717) is 5.92 Å². The quantitative estimate of drug-likeness (QED) is 0.717. The molecule has 1 aliphatic rings. The molecule has 0 spiro atoms. The van der Waals surface area contributed by atoms with E-state index in [2.05, 4.69) is 16.9 Å². The first-order valence-corrected chi connectivity index (χ1v) is 5.12. The number of hydrogen-bond acceptors (Lipinski definition) is 1. The normalized spacial score (nSPS) is 18.2. The highest BCUT2D eigenvalue weighted by Gasteiger charge is 2.21. The standard InChI is InChI=1S/C10H16N2O/c1-2-8-9(12-10(13)11-8)7-5-3-4-6-7/h7H,2-6H2,1H3,(H2,11,12,13). The summed E-state index contributed by atoms with van der Waals surface area (Å²) in [6.45, 7) is 2.08. The minimum absolute atomic E-state index is 0.0428. The molecule has 0 atom stereocenters. The molecule has 0 saturated heterocycles. The zero-order chi connectivity index (χ0) is 9.26. The van der Waals surface area contributed by atoms with Crippen LogP contribution in [0, 0.1) is 0 Å². The lowest BCUT2D eigenvalue weighted by molar-refractivity contribution is 0.690. The Morgan fingerprint density at radius 3 is 2.62 bits per heavy atom. The zero-order valence-electron chi connectivity index (χ0n) is 8.02. The van der Waals surface area contributed by atoms with E-state index in [0.717, 1.165) is 12.1 Å². The maximum absolute atomic E-state index is 11.1. The van der Waals surface area contributed by atoms with Gasteiger partial charge in [0.2, 0.25) is 0 Å². The molecule has 13 heavy (non-hydrogen) atoms. The summed E-state index contributed by atoms with van der Waals surface area (Å²) >= 11 is 0.